The van der Waals surface area contributed by atoms with Crippen molar-refractivity contribution in [3.8, 4) is 0 Å². The zero-order valence-corrected chi connectivity index (χ0v) is 12.0. The quantitative estimate of drug-likeness (QED) is 0.813. The van der Waals surface area contributed by atoms with Gasteiger partial charge in [-0.1, -0.05) is 6.92 Å². The molecule has 2 heterocycles. The molecule has 1 aliphatic heterocycles. The van der Waals surface area contributed by atoms with Crippen molar-refractivity contribution >= 4 is 5.97 Å². The Morgan fingerprint density at radius 1 is 1.60 bits per heavy atom. The number of morpholine rings is 1. The summed E-state index contributed by atoms with van der Waals surface area (Å²) < 4.78 is 11.0. The number of furan rings is 1. The topological polar surface area (TPSA) is 74.9 Å². The molecule has 1 fully saturated rings. The number of ether oxygens (including phenoxy) is 1. The number of aryl methyl sites for hydroxylation is 1. The van der Waals surface area contributed by atoms with Gasteiger partial charge in [-0.05, 0) is 19.5 Å². The Labute approximate surface area is 118 Å². The minimum atomic E-state index is -1.03. The molecule has 20 heavy (non-hydrogen) atoms. The fraction of sp³-hybridized carbons (Fsp3) is 0.643. The van der Waals surface area contributed by atoms with Crippen molar-refractivity contribution < 1.29 is 19.1 Å². The standard InChI is InChI=1S/C14H22N2O4/c1-3-16-4-5-19-12(9-16)8-15-7-11-6-10(2)13(20-11)14(17)18/h6,12,15H,3-5,7-9H2,1-2H3,(H,17,18). The Bertz CT molecular complexity index is 458. The van der Waals surface area contributed by atoms with Crippen molar-refractivity contribution in [2.24, 2.45) is 0 Å². The lowest BCUT2D eigenvalue weighted by atomic mass is 10.2. The van der Waals surface area contributed by atoms with Crippen molar-refractivity contribution in [3.05, 3.63) is 23.2 Å². The fourth-order valence-electron chi connectivity index (χ4n) is 2.40. The predicted molar refractivity (Wildman–Crippen MR) is 74.0 cm³/mol. The summed E-state index contributed by atoms with van der Waals surface area (Å²) in [5, 5.41) is 12.2. The summed E-state index contributed by atoms with van der Waals surface area (Å²) in [7, 11) is 0. The average Bonchev–Trinajstić information content (AvgIpc) is 2.80. The summed E-state index contributed by atoms with van der Waals surface area (Å²) in [4.78, 5) is 13.2. The maximum Gasteiger partial charge on any atom is 0.372 e. The maximum atomic E-state index is 10.9. The molecule has 0 spiro atoms. The van der Waals surface area contributed by atoms with Gasteiger partial charge in [0.05, 0.1) is 19.3 Å². The SMILES string of the molecule is CCN1CCOC(CNCc2cc(C)c(C(=O)O)o2)C1. The molecule has 0 amide bonds. The van der Waals surface area contributed by atoms with Gasteiger partial charge in [0.2, 0.25) is 5.76 Å². The van der Waals surface area contributed by atoms with E-state index < -0.39 is 5.97 Å². The molecule has 0 bridgehead atoms. The normalized spacial score (nSPS) is 20.2. The Kier molecular flexibility index (Phi) is 5.17. The van der Waals surface area contributed by atoms with Crippen molar-refractivity contribution in [3.63, 3.8) is 0 Å². The lowest BCUT2D eigenvalue weighted by Crippen LogP contribution is -2.46. The maximum absolute atomic E-state index is 10.9. The lowest BCUT2D eigenvalue weighted by molar-refractivity contribution is -0.0255. The number of nitrogens with one attached hydrogen (secondary N) is 1. The summed E-state index contributed by atoms with van der Waals surface area (Å²) in [6, 6.07) is 1.76. The lowest BCUT2D eigenvalue weighted by Gasteiger charge is -2.32. The third-order valence-electron chi connectivity index (χ3n) is 3.50. The molecule has 2 N–H and O–H groups in total. The van der Waals surface area contributed by atoms with Gasteiger partial charge in [-0.3, -0.25) is 4.90 Å². The molecule has 0 saturated carbocycles. The summed E-state index contributed by atoms with van der Waals surface area (Å²) in [6.45, 7) is 8.86. The molecule has 1 unspecified atom stereocenters. The number of carbonyl (C=O) groups is 1. The molecule has 1 aliphatic rings. The Balaban J connectivity index is 1.78. The number of hydrogen-bond acceptors (Lipinski definition) is 5. The second-order valence-corrected chi connectivity index (χ2v) is 5.05. The number of nitrogens with zero attached hydrogens (tertiary/aromatic N) is 1. The molecule has 6 nitrogen and oxygen atoms in total. The van der Waals surface area contributed by atoms with Crippen LogP contribution < -0.4 is 5.32 Å². The molecule has 1 saturated heterocycles. The molecule has 6 heteroatoms. The van der Waals surface area contributed by atoms with Crippen LogP contribution >= 0.6 is 0 Å². The van der Waals surface area contributed by atoms with Crippen LogP contribution in [-0.2, 0) is 11.3 Å². The van der Waals surface area contributed by atoms with Gasteiger partial charge in [0.1, 0.15) is 5.76 Å². The average molecular weight is 282 g/mol. The van der Waals surface area contributed by atoms with Crippen LogP contribution in [0.5, 0.6) is 0 Å². The summed E-state index contributed by atoms with van der Waals surface area (Å²) in [5.41, 5.74) is 0.653. The molecule has 2 rings (SSSR count). The number of rotatable bonds is 6. The van der Waals surface area contributed by atoms with Crippen molar-refractivity contribution in [1.29, 1.82) is 0 Å². The van der Waals surface area contributed by atoms with E-state index >= 15 is 0 Å². The molecule has 1 aromatic heterocycles. The second kappa shape index (κ2) is 6.88. The third kappa shape index (κ3) is 3.82. The highest BCUT2D eigenvalue weighted by atomic mass is 16.5. The molecule has 1 atom stereocenters. The number of carboxylic acid groups (broad SMARTS) is 1. The highest BCUT2D eigenvalue weighted by molar-refractivity contribution is 5.86. The monoisotopic (exact) mass is 282 g/mol. The van der Waals surface area contributed by atoms with Crippen LogP contribution in [0.15, 0.2) is 10.5 Å². The summed E-state index contributed by atoms with van der Waals surface area (Å²) in [6.07, 6.45) is 0.179. The minimum absolute atomic E-state index is 0.0212. The summed E-state index contributed by atoms with van der Waals surface area (Å²) in [5.74, 6) is -0.362. The van der Waals surface area contributed by atoms with E-state index in [9.17, 15) is 4.79 Å². The van der Waals surface area contributed by atoms with Gasteiger partial charge < -0.3 is 19.6 Å². The first-order chi connectivity index (χ1) is 9.60. The van der Waals surface area contributed by atoms with E-state index in [0.29, 0.717) is 17.9 Å². The Morgan fingerprint density at radius 3 is 3.05 bits per heavy atom. The first-order valence-corrected chi connectivity index (χ1v) is 6.97. The minimum Gasteiger partial charge on any atom is -0.475 e. The molecule has 0 aromatic carbocycles. The van der Waals surface area contributed by atoms with Crippen LogP contribution in [0.4, 0.5) is 0 Å². The van der Waals surface area contributed by atoms with Crippen LogP contribution in [0.3, 0.4) is 0 Å². The van der Waals surface area contributed by atoms with Gasteiger partial charge >= 0.3 is 5.97 Å². The highest BCUT2D eigenvalue weighted by Gasteiger charge is 2.19. The van der Waals surface area contributed by atoms with Crippen molar-refractivity contribution in [1.82, 2.24) is 10.2 Å². The Hall–Kier alpha value is -1.37. The Morgan fingerprint density at radius 2 is 2.40 bits per heavy atom. The number of aromatic carboxylic acids is 1. The summed E-state index contributed by atoms with van der Waals surface area (Å²) >= 11 is 0. The molecular formula is C14H22N2O4. The molecule has 0 aliphatic carbocycles. The van der Waals surface area contributed by atoms with Gasteiger partial charge in [0.25, 0.3) is 0 Å². The smallest absolute Gasteiger partial charge is 0.372 e. The van der Waals surface area contributed by atoms with E-state index in [-0.39, 0.29) is 11.9 Å². The molecule has 0 radical (unpaired) electrons. The van der Waals surface area contributed by atoms with Gasteiger partial charge in [0.15, 0.2) is 0 Å². The first-order valence-electron chi connectivity index (χ1n) is 6.97. The van der Waals surface area contributed by atoms with Gasteiger partial charge in [0, 0.05) is 25.2 Å². The number of carboxylic acids is 1. The van der Waals surface area contributed by atoms with E-state index in [2.05, 4.69) is 17.1 Å². The third-order valence-corrected chi connectivity index (χ3v) is 3.50. The van der Waals surface area contributed by atoms with Crippen LogP contribution in [0.25, 0.3) is 0 Å². The van der Waals surface area contributed by atoms with Gasteiger partial charge in [-0.25, -0.2) is 4.79 Å². The highest BCUT2D eigenvalue weighted by Crippen LogP contribution is 2.14. The van der Waals surface area contributed by atoms with Crippen LogP contribution in [-0.4, -0.2) is 54.9 Å². The second-order valence-electron chi connectivity index (χ2n) is 5.05. The van der Waals surface area contributed by atoms with E-state index in [4.69, 9.17) is 14.3 Å². The fourth-order valence-corrected chi connectivity index (χ4v) is 2.40. The first kappa shape index (κ1) is 15.0. The van der Waals surface area contributed by atoms with E-state index in [1.165, 1.54) is 0 Å². The van der Waals surface area contributed by atoms with E-state index in [1.807, 2.05) is 0 Å². The van der Waals surface area contributed by atoms with E-state index in [0.717, 1.165) is 32.8 Å². The number of likely N-dealkylation sites (N-methyl/N-ethyl adjacent to an activating group) is 1. The molecule has 112 valence electrons. The van der Waals surface area contributed by atoms with Crippen LogP contribution in [0, 0.1) is 6.92 Å². The number of hydrogen-bond donors (Lipinski definition) is 2. The zero-order chi connectivity index (χ0) is 14.5. The molecule has 1 aromatic rings. The van der Waals surface area contributed by atoms with Crippen molar-refractivity contribution in [2.75, 3.05) is 32.8 Å². The largest absolute Gasteiger partial charge is 0.475 e. The van der Waals surface area contributed by atoms with Crippen LogP contribution in [0.2, 0.25) is 0 Å². The molecular weight excluding hydrogens is 260 g/mol. The van der Waals surface area contributed by atoms with Crippen LogP contribution in [0.1, 0.15) is 28.8 Å². The predicted octanol–water partition coefficient (Wildman–Crippen LogP) is 1.10. The zero-order valence-electron chi connectivity index (χ0n) is 12.0. The van der Waals surface area contributed by atoms with E-state index in [1.54, 1.807) is 13.0 Å². The van der Waals surface area contributed by atoms with Crippen molar-refractivity contribution in [2.45, 2.75) is 26.5 Å². The van der Waals surface area contributed by atoms with Gasteiger partial charge in [-0.15, -0.1) is 0 Å². The van der Waals surface area contributed by atoms with Gasteiger partial charge in [-0.2, -0.15) is 0 Å².